The zero-order chi connectivity index (χ0) is 21.8. The average molecular weight is 419 g/mol. The van der Waals surface area contributed by atoms with Crippen molar-refractivity contribution in [2.24, 2.45) is 5.41 Å². The van der Waals surface area contributed by atoms with E-state index in [0.29, 0.717) is 4.88 Å². The molecule has 0 bridgehead atoms. The van der Waals surface area contributed by atoms with E-state index in [-0.39, 0.29) is 17.4 Å². The Hall–Kier alpha value is -1.85. The standard InChI is InChI=1S/C24H34O4S/c1-7-16-14-17(10-11-18(16)28-15-20(25)23(4,5)6)24(8-2,9-3)21-13-12-19(29-21)22(26)27/h10-14,20,25H,7-9,15H2,1-6H3,(H,26,27). The highest BCUT2D eigenvalue weighted by Gasteiger charge is 2.33. The first kappa shape index (κ1) is 23.4. The van der Waals surface area contributed by atoms with Crippen molar-refractivity contribution in [2.45, 2.75) is 72.3 Å². The second kappa shape index (κ2) is 9.31. The van der Waals surface area contributed by atoms with Crippen molar-refractivity contribution in [2.75, 3.05) is 6.61 Å². The zero-order valence-electron chi connectivity index (χ0n) is 18.4. The van der Waals surface area contributed by atoms with E-state index in [2.05, 4.69) is 32.9 Å². The minimum absolute atomic E-state index is 0.217. The first-order valence-corrected chi connectivity index (χ1v) is 11.2. The van der Waals surface area contributed by atoms with Gasteiger partial charge in [0.05, 0.1) is 6.10 Å². The van der Waals surface area contributed by atoms with E-state index < -0.39 is 12.1 Å². The Morgan fingerprint density at radius 1 is 1.10 bits per heavy atom. The van der Waals surface area contributed by atoms with Gasteiger partial charge < -0.3 is 14.9 Å². The molecule has 2 aromatic rings. The molecule has 0 aliphatic heterocycles. The minimum Gasteiger partial charge on any atom is -0.491 e. The molecule has 0 aliphatic rings. The van der Waals surface area contributed by atoms with E-state index in [9.17, 15) is 15.0 Å². The number of aliphatic hydroxyl groups excluding tert-OH is 1. The van der Waals surface area contributed by atoms with Gasteiger partial charge in [-0.15, -0.1) is 11.3 Å². The van der Waals surface area contributed by atoms with Crippen LogP contribution >= 0.6 is 11.3 Å². The van der Waals surface area contributed by atoms with E-state index >= 15 is 0 Å². The van der Waals surface area contributed by atoms with Gasteiger partial charge in [0.15, 0.2) is 0 Å². The Morgan fingerprint density at radius 3 is 2.24 bits per heavy atom. The summed E-state index contributed by atoms with van der Waals surface area (Å²) >= 11 is 1.36. The fraction of sp³-hybridized carbons (Fsp3) is 0.542. The van der Waals surface area contributed by atoms with Crippen molar-refractivity contribution in [3.63, 3.8) is 0 Å². The van der Waals surface area contributed by atoms with Crippen LogP contribution in [0.15, 0.2) is 30.3 Å². The molecule has 29 heavy (non-hydrogen) atoms. The van der Waals surface area contributed by atoms with E-state index in [1.54, 1.807) is 6.07 Å². The molecule has 1 aromatic heterocycles. The van der Waals surface area contributed by atoms with Gasteiger partial charge in [-0.3, -0.25) is 0 Å². The first-order chi connectivity index (χ1) is 13.6. The lowest BCUT2D eigenvalue weighted by molar-refractivity contribution is 0.0215. The van der Waals surface area contributed by atoms with Crippen LogP contribution in [0, 0.1) is 5.41 Å². The van der Waals surface area contributed by atoms with Gasteiger partial charge in [-0.05, 0) is 54.0 Å². The molecule has 1 aromatic carbocycles. The molecule has 0 saturated carbocycles. The van der Waals surface area contributed by atoms with Crippen LogP contribution in [0.2, 0.25) is 0 Å². The number of rotatable bonds is 9. The maximum absolute atomic E-state index is 11.4. The van der Waals surface area contributed by atoms with Gasteiger partial charge in [0.2, 0.25) is 0 Å². The highest BCUT2D eigenvalue weighted by atomic mass is 32.1. The second-order valence-electron chi connectivity index (χ2n) is 8.63. The minimum atomic E-state index is -0.877. The fourth-order valence-corrected chi connectivity index (χ4v) is 4.77. The second-order valence-corrected chi connectivity index (χ2v) is 9.71. The first-order valence-electron chi connectivity index (χ1n) is 10.4. The summed E-state index contributed by atoms with van der Waals surface area (Å²) in [6, 6.07) is 9.93. The summed E-state index contributed by atoms with van der Waals surface area (Å²) in [5, 5.41) is 19.6. The van der Waals surface area contributed by atoms with Gasteiger partial charge in [-0.25, -0.2) is 4.79 Å². The van der Waals surface area contributed by atoms with Gasteiger partial charge in [0.25, 0.3) is 0 Å². The molecule has 2 N–H and O–H groups in total. The molecule has 0 saturated heterocycles. The molecule has 160 valence electrons. The van der Waals surface area contributed by atoms with Gasteiger partial charge in [-0.1, -0.05) is 53.7 Å². The maximum atomic E-state index is 11.4. The SMILES string of the molecule is CCc1cc(C(CC)(CC)c2ccc(C(=O)O)s2)ccc1OCC(O)C(C)(C)C. The average Bonchev–Trinajstić information content (AvgIpc) is 3.18. The number of aryl methyl sites for hydroxylation is 1. The van der Waals surface area contributed by atoms with E-state index in [0.717, 1.165) is 35.5 Å². The summed E-state index contributed by atoms with van der Waals surface area (Å²) in [4.78, 5) is 12.8. The molecular weight excluding hydrogens is 384 g/mol. The summed E-state index contributed by atoms with van der Waals surface area (Å²) in [7, 11) is 0. The Balaban J connectivity index is 2.39. The number of carboxylic acid groups (broad SMARTS) is 1. The number of aromatic carboxylic acids is 1. The molecule has 0 radical (unpaired) electrons. The predicted molar refractivity (Wildman–Crippen MR) is 119 cm³/mol. The number of hydrogen-bond acceptors (Lipinski definition) is 4. The smallest absolute Gasteiger partial charge is 0.345 e. The maximum Gasteiger partial charge on any atom is 0.345 e. The van der Waals surface area contributed by atoms with Crippen LogP contribution in [-0.2, 0) is 11.8 Å². The quantitative estimate of drug-likeness (QED) is 0.532. The third-order valence-corrected chi connectivity index (χ3v) is 7.16. The molecule has 0 spiro atoms. The third kappa shape index (κ3) is 5.01. The van der Waals surface area contributed by atoms with Crippen LogP contribution in [0.25, 0.3) is 0 Å². The third-order valence-electron chi connectivity index (χ3n) is 5.89. The molecule has 0 fully saturated rings. The molecule has 1 unspecified atom stereocenters. The van der Waals surface area contributed by atoms with E-state index in [4.69, 9.17) is 4.74 Å². The normalized spacial score (nSPS) is 13.3. The molecule has 1 atom stereocenters. The summed E-state index contributed by atoms with van der Waals surface area (Å²) in [6.07, 6.45) is 2.05. The van der Waals surface area contributed by atoms with Crippen LogP contribution in [-0.4, -0.2) is 28.9 Å². The predicted octanol–water partition coefficient (Wildman–Crippen LogP) is 5.90. The number of carboxylic acids is 1. The van der Waals surface area contributed by atoms with Crippen LogP contribution in [0.5, 0.6) is 5.75 Å². The van der Waals surface area contributed by atoms with Crippen molar-refractivity contribution in [1.29, 1.82) is 0 Å². The lowest BCUT2D eigenvalue weighted by Gasteiger charge is -2.32. The topological polar surface area (TPSA) is 66.8 Å². The summed E-state index contributed by atoms with van der Waals surface area (Å²) < 4.78 is 5.97. The van der Waals surface area contributed by atoms with Gasteiger partial charge in [0, 0.05) is 10.3 Å². The molecule has 0 aliphatic carbocycles. The number of ether oxygens (including phenoxy) is 1. The molecule has 4 nitrogen and oxygen atoms in total. The zero-order valence-corrected chi connectivity index (χ0v) is 19.2. The van der Waals surface area contributed by atoms with Crippen molar-refractivity contribution in [1.82, 2.24) is 0 Å². The van der Waals surface area contributed by atoms with E-state index in [1.807, 2.05) is 32.9 Å². The van der Waals surface area contributed by atoms with Crippen LogP contribution in [0.4, 0.5) is 0 Å². The van der Waals surface area contributed by atoms with Crippen molar-refractivity contribution in [3.8, 4) is 5.75 Å². The Kier molecular flexibility index (Phi) is 7.52. The number of hydrogen-bond donors (Lipinski definition) is 2. The van der Waals surface area contributed by atoms with Gasteiger partial charge >= 0.3 is 5.97 Å². The number of thiophene rings is 1. The van der Waals surface area contributed by atoms with Crippen molar-refractivity contribution >= 4 is 17.3 Å². The number of benzene rings is 1. The Bertz CT molecular complexity index is 828. The highest BCUT2D eigenvalue weighted by molar-refractivity contribution is 7.14. The fourth-order valence-electron chi connectivity index (χ4n) is 3.57. The van der Waals surface area contributed by atoms with Crippen molar-refractivity contribution < 1.29 is 19.7 Å². The lowest BCUT2D eigenvalue weighted by atomic mass is 9.74. The monoisotopic (exact) mass is 418 g/mol. The van der Waals surface area contributed by atoms with Crippen LogP contribution in [0.1, 0.15) is 80.1 Å². The molecule has 5 heteroatoms. The Morgan fingerprint density at radius 2 is 1.76 bits per heavy atom. The summed E-state index contributed by atoms with van der Waals surface area (Å²) in [5.74, 6) is -0.0733. The number of aliphatic hydroxyl groups is 1. The van der Waals surface area contributed by atoms with Crippen LogP contribution < -0.4 is 4.74 Å². The highest BCUT2D eigenvalue weighted by Crippen LogP contribution is 2.43. The Labute approximate surface area is 178 Å². The van der Waals surface area contributed by atoms with Crippen molar-refractivity contribution in [3.05, 3.63) is 51.2 Å². The largest absolute Gasteiger partial charge is 0.491 e. The summed E-state index contributed by atoms with van der Waals surface area (Å²) in [6.45, 7) is 12.6. The summed E-state index contributed by atoms with van der Waals surface area (Å²) in [5.41, 5.74) is 1.84. The lowest BCUT2D eigenvalue weighted by Crippen LogP contribution is -2.32. The molecule has 2 rings (SSSR count). The van der Waals surface area contributed by atoms with Gasteiger partial charge in [-0.2, -0.15) is 0 Å². The molecular formula is C24H34O4S. The number of carbonyl (C=O) groups is 1. The van der Waals surface area contributed by atoms with Crippen LogP contribution in [0.3, 0.4) is 0 Å². The molecule has 0 amide bonds. The molecule has 1 heterocycles. The van der Waals surface area contributed by atoms with E-state index in [1.165, 1.54) is 16.9 Å². The van der Waals surface area contributed by atoms with Gasteiger partial charge in [0.1, 0.15) is 17.2 Å².